The summed E-state index contributed by atoms with van der Waals surface area (Å²) in [7, 11) is 0. The maximum Gasteiger partial charge on any atom is 0.123 e. The SMILES string of the molecule is OCc1ccc(F)cc1-c1ccc(Cl)c(Cl)c1. The van der Waals surface area contributed by atoms with Crippen molar-refractivity contribution in [2.24, 2.45) is 0 Å². The molecular weight excluding hydrogens is 262 g/mol. The van der Waals surface area contributed by atoms with Gasteiger partial charge in [0.25, 0.3) is 0 Å². The summed E-state index contributed by atoms with van der Waals surface area (Å²) in [6.45, 7) is -0.157. The van der Waals surface area contributed by atoms with E-state index in [4.69, 9.17) is 23.2 Å². The van der Waals surface area contributed by atoms with Crippen molar-refractivity contribution in [1.82, 2.24) is 0 Å². The molecule has 0 heterocycles. The van der Waals surface area contributed by atoms with Crippen molar-refractivity contribution < 1.29 is 9.50 Å². The number of hydrogen-bond acceptors (Lipinski definition) is 1. The summed E-state index contributed by atoms with van der Waals surface area (Å²) in [5.74, 6) is -0.358. The molecule has 17 heavy (non-hydrogen) atoms. The lowest BCUT2D eigenvalue weighted by Crippen LogP contribution is -1.91. The van der Waals surface area contributed by atoms with Crippen molar-refractivity contribution in [2.45, 2.75) is 6.61 Å². The molecule has 0 amide bonds. The smallest absolute Gasteiger partial charge is 0.123 e. The summed E-state index contributed by atoms with van der Waals surface area (Å²) >= 11 is 11.7. The van der Waals surface area contributed by atoms with E-state index in [-0.39, 0.29) is 12.4 Å². The van der Waals surface area contributed by atoms with Gasteiger partial charge in [-0.2, -0.15) is 0 Å². The van der Waals surface area contributed by atoms with Crippen LogP contribution in [0.15, 0.2) is 36.4 Å². The summed E-state index contributed by atoms with van der Waals surface area (Å²) in [5.41, 5.74) is 1.99. The first-order valence-electron chi connectivity index (χ1n) is 4.96. The number of hydrogen-bond donors (Lipinski definition) is 1. The molecule has 0 spiro atoms. The summed E-state index contributed by atoms with van der Waals surface area (Å²) < 4.78 is 13.2. The Balaban J connectivity index is 2.58. The fourth-order valence-corrected chi connectivity index (χ4v) is 1.92. The minimum absolute atomic E-state index is 0.157. The van der Waals surface area contributed by atoms with E-state index in [0.29, 0.717) is 21.2 Å². The highest BCUT2D eigenvalue weighted by Crippen LogP contribution is 2.30. The molecular formula is C13H9Cl2FO. The number of aliphatic hydroxyl groups excluding tert-OH is 1. The Bertz CT molecular complexity index is 555. The Kier molecular flexibility index (Phi) is 3.67. The van der Waals surface area contributed by atoms with Gasteiger partial charge < -0.3 is 5.11 Å². The van der Waals surface area contributed by atoms with Crippen LogP contribution in [0.2, 0.25) is 10.0 Å². The highest BCUT2D eigenvalue weighted by Gasteiger charge is 2.08. The highest BCUT2D eigenvalue weighted by atomic mass is 35.5. The van der Waals surface area contributed by atoms with E-state index >= 15 is 0 Å². The lowest BCUT2D eigenvalue weighted by atomic mass is 10.00. The van der Waals surface area contributed by atoms with Gasteiger partial charge in [0.15, 0.2) is 0 Å². The number of benzene rings is 2. The Morgan fingerprint density at radius 2 is 1.76 bits per heavy atom. The molecule has 0 aliphatic heterocycles. The predicted molar refractivity (Wildman–Crippen MR) is 67.8 cm³/mol. The molecule has 88 valence electrons. The average Bonchev–Trinajstić information content (AvgIpc) is 2.32. The Morgan fingerprint density at radius 1 is 1.00 bits per heavy atom. The number of rotatable bonds is 2. The zero-order valence-corrected chi connectivity index (χ0v) is 10.3. The third kappa shape index (κ3) is 2.60. The zero-order valence-electron chi connectivity index (χ0n) is 8.75. The maximum atomic E-state index is 13.2. The fraction of sp³-hybridized carbons (Fsp3) is 0.0769. The number of aliphatic hydroxyl groups is 1. The lowest BCUT2D eigenvalue weighted by molar-refractivity contribution is 0.282. The van der Waals surface area contributed by atoms with Crippen LogP contribution in [-0.4, -0.2) is 5.11 Å². The van der Waals surface area contributed by atoms with Crippen LogP contribution in [0.5, 0.6) is 0 Å². The maximum absolute atomic E-state index is 13.2. The fourth-order valence-electron chi connectivity index (χ4n) is 1.62. The van der Waals surface area contributed by atoms with Gasteiger partial charge in [-0.05, 0) is 41.0 Å². The topological polar surface area (TPSA) is 20.2 Å². The molecule has 1 nitrogen and oxygen atoms in total. The van der Waals surface area contributed by atoms with E-state index in [1.807, 2.05) is 0 Å². The van der Waals surface area contributed by atoms with Crippen LogP contribution in [0.3, 0.4) is 0 Å². The van der Waals surface area contributed by atoms with Crippen molar-refractivity contribution in [3.8, 4) is 11.1 Å². The van der Waals surface area contributed by atoms with Gasteiger partial charge in [0, 0.05) is 0 Å². The molecule has 0 saturated heterocycles. The van der Waals surface area contributed by atoms with Crippen molar-refractivity contribution in [3.05, 3.63) is 57.8 Å². The normalized spacial score (nSPS) is 10.6. The molecule has 0 unspecified atom stereocenters. The molecule has 0 radical (unpaired) electrons. The second-order valence-electron chi connectivity index (χ2n) is 3.59. The van der Waals surface area contributed by atoms with Gasteiger partial charge in [0.2, 0.25) is 0 Å². The molecule has 2 aromatic carbocycles. The van der Waals surface area contributed by atoms with E-state index in [1.165, 1.54) is 12.1 Å². The monoisotopic (exact) mass is 270 g/mol. The second kappa shape index (κ2) is 5.05. The van der Waals surface area contributed by atoms with Crippen molar-refractivity contribution in [1.29, 1.82) is 0 Å². The van der Waals surface area contributed by atoms with Gasteiger partial charge in [0.05, 0.1) is 16.7 Å². The molecule has 2 rings (SSSR count). The van der Waals surface area contributed by atoms with Crippen LogP contribution >= 0.6 is 23.2 Å². The van der Waals surface area contributed by atoms with Crippen LogP contribution in [0.25, 0.3) is 11.1 Å². The molecule has 0 fully saturated rings. The van der Waals surface area contributed by atoms with Crippen LogP contribution in [-0.2, 0) is 6.61 Å². The first-order chi connectivity index (χ1) is 8.11. The molecule has 0 bridgehead atoms. The molecule has 0 saturated carbocycles. The zero-order chi connectivity index (χ0) is 12.4. The van der Waals surface area contributed by atoms with Crippen LogP contribution < -0.4 is 0 Å². The summed E-state index contributed by atoms with van der Waals surface area (Å²) in [6.07, 6.45) is 0. The first kappa shape index (κ1) is 12.4. The molecule has 4 heteroatoms. The van der Waals surface area contributed by atoms with Gasteiger partial charge in [0.1, 0.15) is 5.82 Å². The summed E-state index contributed by atoms with van der Waals surface area (Å²) in [6, 6.07) is 9.26. The van der Waals surface area contributed by atoms with Gasteiger partial charge in [-0.3, -0.25) is 0 Å². The molecule has 0 atom stereocenters. The number of halogens is 3. The largest absolute Gasteiger partial charge is 0.392 e. The average molecular weight is 271 g/mol. The summed E-state index contributed by atoms with van der Waals surface area (Å²) in [4.78, 5) is 0. The second-order valence-corrected chi connectivity index (χ2v) is 4.40. The van der Waals surface area contributed by atoms with E-state index in [1.54, 1.807) is 24.3 Å². The van der Waals surface area contributed by atoms with Gasteiger partial charge in [-0.15, -0.1) is 0 Å². The highest BCUT2D eigenvalue weighted by molar-refractivity contribution is 6.42. The van der Waals surface area contributed by atoms with E-state index in [0.717, 1.165) is 5.56 Å². The van der Waals surface area contributed by atoms with Gasteiger partial charge in [-0.25, -0.2) is 4.39 Å². The van der Waals surface area contributed by atoms with Crippen LogP contribution in [0.4, 0.5) is 4.39 Å². The molecule has 0 aromatic heterocycles. The van der Waals surface area contributed by atoms with Gasteiger partial charge >= 0.3 is 0 Å². The van der Waals surface area contributed by atoms with E-state index in [9.17, 15) is 9.50 Å². The quantitative estimate of drug-likeness (QED) is 0.863. The third-order valence-corrected chi connectivity index (χ3v) is 3.21. The van der Waals surface area contributed by atoms with E-state index < -0.39 is 0 Å². The Labute approximate surface area is 108 Å². The minimum atomic E-state index is -0.358. The minimum Gasteiger partial charge on any atom is -0.392 e. The third-order valence-electron chi connectivity index (χ3n) is 2.47. The van der Waals surface area contributed by atoms with Crippen molar-refractivity contribution in [3.63, 3.8) is 0 Å². The first-order valence-corrected chi connectivity index (χ1v) is 5.72. The van der Waals surface area contributed by atoms with Crippen molar-refractivity contribution in [2.75, 3.05) is 0 Å². The predicted octanol–water partition coefficient (Wildman–Crippen LogP) is 4.29. The van der Waals surface area contributed by atoms with Crippen molar-refractivity contribution >= 4 is 23.2 Å². The lowest BCUT2D eigenvalue weighted by Gasteiger charge is -2.08. The Hall–Kier alpha value is -1.09. The van der Waals surface area contributed by atoms with Crippen LogP contribution in [0.1, 0.15) is 5.56 Å². The Morgan fingerprint density at radius 3 is 2.41 bits per heavy atom. The molecule has 1 N–H and O–H groups in total. The van der Waals surface area contributed by atoms with E-state index in [2.05, 4.69) is 0 Å². The molecule has 0 aliphatic rings. The molecule has 2 aromatic rings. The van der Waals surface area contributed by atoms with Crippen LogP contribution in [0, 0.1) is 5.82 Å². The standard InChI is InChI=1S/C13H9Cl2FO/c14-12-4-2-8(5-13(12)15)11-6-10(16)3-1-9(11)7-17/h1-6,17H,7H2. The summed E-state index contributed by atoms with van der Waals surface area (Å²) in [5, 5.41) is 10.1. The molecule has 0 aliphatic carbocycles. The van der Waals surface area contributed by atoms with Gasteiger partial charge in [-0.1, -0.05) is 35.3 Å².